The van der Waals surface area contributed by atoms with Crippen LogP contribution in [0.4, 0.5) is 0 Å². The smallest absolute Gasteiger partial charge is 0.248 e. The molecular formula is C18H19N3O2. The maximum Gasteiger partial charge on any atom is 0.248 e. The lowest BCUT2D eigenvalue weighted by Crippen LogP contribution is -2.04. The summed E-state index contributed by atoms with van der Waals surface area (Å²) in [6.07, 6.45) is 3.21. The third-order valence-corrected chi connectivity index (χ3v) is 3.24. The molecule has 0 bridgehead atoms. The quantitative estimate of drug-likeness (QED) is 0.763. The topological polar surface area (TPSA) is 78.6 Å². The van der Waals surface area contributed by atoms with Gasteiger partial charge in [0.2, 0.25) is 11.1 Å². The van der Waals surface area contributed by atoms with Crippen LogP contribution in [-0.4, -0.2) is 15.0 Å². The largest absolute Gasteiger partial charge is 0.329 e. The van der Waals surface area contributed by atoms with Crippen LogP contribution < -0.4 is 11.1 Å². The van der Waals surface area contributed by atoms with Crippen molar-refractivity contribution in [1.29, 1.82) is 0 Å². The van der Waals surface area contributed by atoms with Gasteiger partial charge < -0.3 is 9.97 Å². The zero-order valence-electron chi connectivity index (χ0n) is 13.4. The zero-order chi connectivity index (χ0) is 16.8. The lowest BCUT2D eigenvalue weighted by Gasteiger charge is -2.07. The van der Waals surface area contributed by atoms with Crippen LogP contribution in [0.25, 0.3) is 22.4 Å². The van der Waals surface area contributed by atoms with E-state index in [1.54, 1.807) is 18.5 Å². The summed E-state index contributed by atoms with van der Waals surface area (Å²) in [5.41, 5.74) is 3.71. The van der Waals surface area contributed by atoms with E-state index in [1.165, 1.54) is 12.1 Å². The van der Waals surface area contributed by atoms with Gasteiger partial charge in [0.25, 0.3) is 0 Å². The maximum absolute atomic E-state index is 11.4. The van der Waals surface area contributed by atoms with Crippen molar-refractivity contribution in [2.45, 2.75) is 20.8 Å². The Kier molecular flexibility index (Phi) is 5.25. The summed E-state index contributed by atoms with van der Waals surface area (Å²) in [6, 6.07) is 10.4. The number of aryl methyl sites for hydroxylation is 1. The molecule has 0 aliphatic carbocycles. The molecule has 2 N–H and O–H groups in total. The molecule has 3 aromatic heterocycles. The minimum atomic E-state index is -0.161. The summed E-state index contributed by atoms with van der Waals surface area (Å²) >= 11 is 0. The number of H-pyrrole nitrogens is 2. The Balaban J connectivity index is 0.000000924. The van der Waals surface area contributed by atoms with Crippen molar-refractivity contribution < 1.29 is 0 Å². The first-order chi connectivity index (χ1) is 11.1. The molecule has 0 spiro atoms. The molecule has 3 aromatic rings. The van der Waals surface area contributed by atoms with Crippen molar-refractivity contribution in [1.82, 2.24) is 15.0 Å². The Morgan fingerprint density at radius 2 is 1.39 bits per heavy atom. The van der Waals surface area contributed by atoms with E-state index < -0.39 is 0 Å². The summed E-state index contributed by atoms with van der Waals surface area (Å²) in [6.45, 7) is 5.88. The summed E-state index contributed by atoms with van der Waals surface area (Å²) in [5.74, 6) is 0. The summed E-state index contributed by atoms with van der Waals surface area (Å²) in [7, 11) is 0. The van der Waals surface area contributed by atoms with Crippen LogP contribution in [0.15, 0.2) is 58.4 Å². The predicted molar refractivity (Wildman–Crippen MR) is 92.4 cm³/mol. The van der Waals surface area contributed by atoms with Crippen LogP contribution >= 0.6 is 0 Å². The van der Waals surface area contributed by atoms with Crippen LogP contribution in [0, 0.1) is 6.92 Å². The Morgan fingerprint density at radius 3 is 1.96 bits per heavy atom. The Hall–Kier alpha value is -2.95. The first kappa shape index (κ1) is 16.4. The predicted octanol–water partition coefficient (Wildman–Crippen LogP) is 3.13. The van der Waals surface area contributed by atoms with E-state index in [2.05, 4.69) is 15.0 Å². The van der Waals surface area contributed by atoms with Crippen molar-refractivity contribution in [3.05, 3.63) is 75.2 Å². The van der Waals surface area contributed by atoms with Gasteiger partial charge in [-0.3, -0.25) is 14.6 Å². The summed E-state index contributed by atoms with van der Waals surface area (Å²) < 4.78 is 0. The van der Waals surface area contributed by atoms with E-state index in [1.807, 2.05) is 39.0 Å². The Labute approximate surface area is 134 Å². The van der Waals surface area contributed by atoms with E-state index in [9.17, 15) is 9.59 Å². The second-order valence-corrected chi connectivity index (χ2v) is 4.71. The number of nitrogens with one attached hydrogen (secondary N) is 2. The second-order valence-electron chi connectivity index (χ2n) is 4.71. The van der Waals surface area contributed by atoms with Crippen molar-refractivity contribution in [3.8, 4) is 22.4 Å². The standard InChI is InChI=1S/C16H13N3O2.C2H6/c1-10-13(11-4-6-17-15(20)8-11)2-3-14(19-10)12-5-7-18-16(21)9-12;1-2/h2-9H,1H3,(H,17,20)(H,18,21);1-2H3. The molecule has 118 valence electrons. The molecule has 0 aromatic carbocycles. The highest BCUT2D eigenvalue weighted by Gasteiger charge is 2.07. The van der Waals surface area contributed by atoms with Gasteiger partial charge in [0.05, 0.1) is 5.69 Å². The fourth-order valence-corrected chi connectivity index (χ4v) is 2.24. The molecule has 0 saturated heterocycles. The molecular weight excluding hydrogens is 290 g/mol. The molecule has 3 rings (SSSR count). The minimum absolute atomic E-state index is 0.148. The van der Waals surface area contributed by atoms with Gasteiger partial charge in [-0.15, -0.1) is 0 Å². The van der Waals surface area contributed by atoms with Crippen molar-refractivity contribution in [2.24, 2.45) is 0 Å². The lowest BCUT2D eigenvalue weighted by molar-refractivity contribution is 1.18. The van der Waals surface area contributed by atoms with Gasteiger partial charge in [0.15, 0.2) is 0 Å². The molecule has 0 amide bonds. The van der Waals surface area contributed by atoms with Crippen LogP contribution in [0.3, 0.4) is 0 Å². The number of aromatic amines is 2. The second kappa shape index (κ2) is 7.35. The van der Waals surface area contributed by atoms with Gasteiger partial charge in [-0.2, -0.15) is 0 Å². The number of hydrogen-bond donors (Lipinski definition) is 2. The maximum atomic E-state index is 11.4. The van der Waals surface area contributed by atoms with Gasteiger partial charge >= 0.3 is 0 Å². The number of rotatable bonds is 2. The molecule has 3 heterocycles. The Bertz CT molecular complexity index is 910. The summed E-state index contributed by atoms with van der Waals surface area (Å²) in [4.78, 5) is 32.4. The molecule has 0 saturated carbocycles. The molecule has 23 heavy (non-hydrogen) atoms. The molecule has 0 aliphatic heterocycles. The Morgan fingerprint density at radius 1 is 0.826 bits per heavy atom. The van der Waals surface area contributed by atoms with Gasteiger partial charge in [-0.25, -0.2) is 0 Å². The van der Waals surface area contributed by atoms with Gasteiger partial charge in [-0.1, -0.05) is 19.9 Å². The van der Waals surface area contributed by atoms with Crippen molar-refractivity contribution in [3.63, 3.8) is 0 Å². The highest BCUT2D eigenvalue weighted by Crippen LogP contribution is 2.24. The van der Waals surface area contributed by atoms with E-state index in [-0.39, 0.29) is 11.1 Å². The molecule has 0 atom stereocenters. The van der Waals surface area contributed by atoms with E-state index >= 15 is 0 Å². The fraction of sp³-hybridized carbons (Fsp3) is 0.167. The summed E-state index contributed by atoms with van der Waals surface area (Å²) in [5, 5.41) is 0. The average Bonchev–Trinajstić information content (AvgIpc) is 2.56. The van der Waals surface area contributed by atoms with E-state index in [4.69, 9.17) is 0 Å². The zero-order valence-corrected chi connectivity index (χ0v) is 13.4. The van der Waals surface area contributed by atoms with Gasteiger partial charge in [0.1, 0.15) is 0 Å². The lowest BCUT2D eigenvalue weighted by atomic mass is 10.0. The average molecular weight is 309 g/mol. The van der Waals surface area contributed by atoms with Crippen LogP contribution in [0.1, 0.15) is 19.5 Å². The van der Waals surface area contributed by atoms with Crippen molar-refractivity contribution in [2.75, 3.05) is 0 Å². The fourth-order valence-electron chi connectivity index (χ4n) is 2.24. The SMILES string of the molecule is CC.Cc1nc(-c2cc[nH]c(=O)c2)ccc1-c1cc[nH]c(=O)c1. The molecule has 0 radical (unpaired) electrons. The number of hydrogen-bond acceptors (Lipinski definition) is 3. The van der Waals surface area contributed by atoms with Gasteiger partial charge in [-0.05, 0) is 30.7 Å². The van der Waals surface area contributed by atoms with Crippen LogP contribution in [-0.2, 0) is 0 Å². The molecule has 0 aliphatic rings. The van der Waals surface area contributed by atoms with E-state index in [0.717, 1.165) is 28.1 Å². The minimum Gasteiger partial charge on any atom is -0.329 e. The first-order valence-corrected chi connectivity index (χ1v) is 7.49. The number of nitrogens with zero attached hydrogens (tertiary/aromatic N) is 1. The highest BCUT2D eigenvalue weighted by atomic mass is 16.1. The monoisotopic (exact) mass is 309 g/mol. The third-order valence-electron chi connectivity index (χ3n) is 3.24. The van der Waals surface area contributed by atoms with Gasteiger partial charge in [0, 0.05) is 41.3 Å². The van der Waals surface area contributed by atoms with Crippen LogP contribution in [0.2, 0.25) is 0 Å². The highest BCUT2D eigenvalue weighted by molar-refractivity contribution is 5.69. The molecule has 5 nitrogen and oxygen atoms in total. The van der Waals surface area contributed by atoms with E-state index in [0.29, 0.717) is 0 Å². The number of pyridine rings is 3. The molecule has 5 heteroatoms. The third kappa shape index (κ3) is 3.83. The van der Waals surface area contributed by atoms with Crippen molar-refractivity contribution >= 4 is 0 Å². The number of aromatic nitrogens is 3. The normalized spacial score (nSPS) is 9.87. The molecule has 0 fully saturated rings. The first-order valence-electron chi connectivity index (χ1n) is 7.49. The molecule has 0 unspecified atom stereocenters. The van der Waals surface area contributed by atoms with Crippen LogP contribution in [0.5, 0.6) is 0 Å².